The van der Waals surface area contributed by atoms with Gasteiger partial charge in [-0.25, -0.2) is 4.39 Å². The summed E-state index contributed by atoms with van der Waals surface area (Å²) in [5, 5.41) is 0. The molecule has 13 heavy (non-hydrogen) atoms. The number of halogens is 5. The van der Waals surface area contributed by atoms with Gasteiger partial charge in [0.15, 0.2) is 0 Å². The van der Waals surface area contributed by atoms with E-state index in [4.69, 9.17) is 5.73 Å². The van der Waals surface area contributed by atoms with Gasteiger partial charge in [-0.05, 0) is 18.2 Å². The van der Waals surface area contributed by atoms with Crippen molar-refractivity contribution in [1.29, 1.82) is 0 Å². The molecule has 74 valence electrons. The van der Waals surface area contributed by atoms with Crippen LogP contribution in [0.4, 0.5) is 23.2 Å². The molecule has 0 heterocycles. The Hall–Kier alpha value is -0.970. The van der Waals surface area contributed by atoms with Crippen molar-refractivity contribution in [3.05, 3.63) is 29.6 Å². The summed E-state index contributed by atoms with van der Waals surface area (Å²) in [4.78, 5) is 0. The van der Waals surface area contributed by atoms with Gasteiger partial charge in [0.2, 0.25) is 0 Å². The third kappa shape index (κ3) is 2.77. The minimum Gasteiger partial charge on any atom is -0.399 e. The van der Waals surface area contributed by atoms with Gasteiger partial charge >= 0.3 is 6.18 Å². The molecule has 2 N–H and O–H groups in total. The van der Waals surface area contributed by atoms with Crippen LogP contribution in [-0.2, 0) is 6.18 Å². The Bertz CT molecular complexity index is 297. The summed E-state index contributed by atoms with van der Waals surface area (Å²) in [6.45, 7) is 0. The minimum absolute atomic E-state index is 0. The molecular weight excluding hydrogens is 210 g/mol. The molecule has 1 nitrogen and oxygen atoms in total. The molecule has 0 saturated carbocycles. The molecule has 1 rings (SSSR count). The first-order valence-corrected chi connectivity index (χ1v) is 3.03. The highest BCUT2D eigenvalue weighted by Crippen LogP contribution is 2.32. The minimum atomic E-state index is -4.68. The van der Waals surface area contributed by atoms with Crippen molar-refractivity contribution in [3.8, 4) is 0 Å². The topological polar surface area (TPSA) is 26.0 Å². The summed E-state index contributed by atoms with van der Waals surface area (Å²) < 4.78 is 48.3. The Balaban J connectivity index is 0.00000144. The van der Waals surface area contributed by atoms with Crippen molar-refractivity contribution in [2.24, 2.45) is 0 Å². The van der Waals surface area contributed by atoms with Crippen molar-refractivity contribution in [3.63, 3.8) is 0 Å². The van der Waals surface area contributed by atoms with Crippen LogP contribution in [0.25, 0.3) is 0 Å². The fourth-order valence-electron chi connectivity index (χ4n) is 0.760. The van der Waals surface area contributed by atoms with E-state index in [0.717, 1.165) is 6.07 Å². The van der Waals surface area contributed by atoms with Crippen LogP contribution < -0.4 is 5.73 Å². The average Bonchev–Trinajstić information content (AvgIpc) is 1.92. The second kappa shape index (κ2) is 3.83. The van der Waals surface area contributed by atoms with Crippen LogP contribution >= 0.6 is 12.4 Å². The Morgan fingerprint density at radius 3 is 2.08 bits per heavy atom. The molecule has 0 aliphatic heterocycles. The molecule has 0 aliphatic rings. The largest absolute Gasteiger partial charge is 0.419 e. The summed E-state index contributed by atoms with van der Waals surface area (Å²) in [5.41, 5.74) is 3.62. The van der Waals surface area contributed by atoms with Crippen LogP contribution in [0.2, 0.25) is 0 Å². The first-order chi connectivity index (χ1) is 5.41. The number of hydrogen-bond donors (Lipinski definition) is 1. The Kier molecular flexibility index (Phi) is 3.54. The Morgan fingerprint density at radius 2 is 1.69 bits per heavy atom. The molecule has 0 atom stereocenters. The fraction of sp³-hybridized carbons (Fsp3) is 0.143. The number of anilines is 1. The van der Waals surface area contributed by atoms with Gasteiger partial charge in [0, 0.05) is 5.69 Å². The molecule has 0 bridgehead atoms. The van der Waals surface area contributed by atoms with Gasteiger partial charge in [-0.2, -0.15) is 13.2 Å². The summed E-state index contributed by atoms with van der Waals surface area (Å²) >= 11 is 0. The number of nitrogen functional groups attached to an aromatic ring is 1. The molecule has 0 fully saturated rings. The number of rotatable bonds is 0. The molecule has 6 heteroatoms. The van der Waals surface area contributed by atoms with E-state index in [1.165, 1.54) is 0 Å². The lowest BCUT2D eigenvalue weighted by molar-refractivity contribution is -0.139. The predicted molar refractivity (Wildman–Crippen MR) is 43.1 cm³/mol. The van der Waals surface area contributed by atoms with Gasteiger partial charge in [0.1, 0.15) is 5.82 Å². The third-order valence-corrected chi connectivity index (χ3v) is 1.30. The maximum atomic E-state index is 12.5. The van der Waals surface area contributed by atoms with E-state index in [-0.39, 0.29) is 18.1 Å². The number of nitrogens with two attached hydrogens (primary N) is 1. The molecule has 1 aromatic carbocycles. The first kappa shape index (κ1) is 12.0. The van der Waals surface area contributed by atoms with Gasteiger partial charge in [-0.1, -0.05) is 0 Å². The SMILES string of the molecule is Cl.Nc1ccc(F)c(C(F)(F)F)c1. The molecule has 0 amide bonds. The van der Waals surface area contributed by atoms with Crippen molar-refractivity contribution in [2.75, 3.05) is 5.73 Å². The molecule has 0 aliphatic carbocycles. The smallest absolute Gasteiger partial charge is 0.399 e. The zero-order chi connectivity index (χ0) is 9.35. The molecule has 1 aromatic rings. The third-order valence-electron chi connectivity index (χ3n) is 1.30. The van der Waals surface area contributed by atoms with Crippen LogP contribution in [-0.4, -0.2) is 0 Å². The number of hydrogen-bond acceptors (Lipinski definition) is 1. The van der Waals surface area contributed by atoms with Crippen LogP contribution in [0.15, 0.2) is 18.2 Å². The molecule has 0 unspecified atom stereocenters. The molecule has 0 radical (unpaired) electrons. The van der Waals surface area contributed by atoms with Crippen molar-refractivity contribution in [1.82, 2.24) is 0 Å². The second-order valence-corrected chi connectivity index (χ2v) is 2.24. The highest BCUT2D eigenvalue weighted by atomic mass is 35.5. The monoisotopic (exact) mass is 215 g/mol. The summed E-state index contributed by atoms with van der Waals surface area (Å²) in [6.07, 6.45) is -4.68. The van der Waals surface area contributed by atoms with Gasteiger partial charge < -0.3 is 5.73 Å². The summed E-state index contributed by atoms with van der Waals surface area (Å²) in [5.74, 6) is -1.31. The maximum Gasteiger partial charge on any atom is 0.419 e. The highest BCUT2D eigenvalue weighted by molar-refractivity contribution is 5.85. The van der Waals surface area contributed by atoms with E-state index >= 15 is 0 Å². The van der Waals surface area contributed by atoms with Gasteiger partial charge in [-0.15, -0.1) is 12.4 Å². The molecular formula is C7H6ClF4N. The van der Waals surface area contributed by atoms with E-state index in [1.54, 1.807) is 0 Å². The van der Waals surface area contributed by atoms with E-state index in [2.05, 4.69) is 0 Å². The molecule has 0 aromatic heterocycles. The lowest BCUT2D eigenvalue weighted by Gasteiger charge is -2.07. The average molecular weight is 216 g/mol. The van der Waals surface area contributed by atoms with E-state index in [1.807, 2.05) is 0 Å². The van der Waals surface area contributed by atoms with Crippen molar-refractivity contribution >= 4 is 18.1 Å². The number of benzene rings is 1. The van der Waals surface area contributed by atoms with Crippen LogP contribution in [0.3, 0.4) is 0 Å². The quantitative estimate of drug-likeness (QED) is 0.523. The van der Waals surface area contributed by atoms with Gasteiger partial charge in [-0.3, -0.25) is 0 Å². The molecule has 0 saturated heterocycles. The fourth-order valence-corrected chi connectivity index (χ4v) is 0.760. The zero-order valence-electron chi connectivity index (χ0n) is 6.23. The van der Waals surface area contributed by atoms with E-state index in [9.17, 15) is 17.6 Å². The van der Waals surface area contributed by atoms with Gasteiger partial charge in [0.05, 0.1) is 5.56 Å². The first-order valence-electron chi connectivity index (χ1n) is 3.03. The van der Waals surface area contributed by atoms with Gasteiger partial charge in [0.25, 0.3) is 0 Å². The van der Waals surface area contributed by atoms with E-state index < -0.39 is 17.6 Å². The maximum absolute atomic E-state index is 12.5. The standard InChI is InChI=1S/C7H5F4N.ClH/c8-6-2-1-4(12)3-5(6)7(9,10)11;/h1-3H,12H2;1H. The van der Waals surface area contributed by atoms with Crippen LogP contribution in [0.1, 0.15) is 5.56 Å². The summed E-state index contributed by atoms with van der Waals surface area (Å²) in [6, 6.07) is 2.33. The lowest BCUT2D eigenvalue weighted by Crippen LogP contribution is -2.08. The molecule has 0 spiro atoms. The second-order valence-electron chi connectivity index (χ2n) is 2.24. The Labute approximate surface area is 78.0 Å². The van der Waals surface area contributed by atoms with Crippen LogP contribution in [0, 0.1) is 5.82 Å². The Morgan fingerprint density at radius 1 is 1.15 bits per heavy atom. The normalized spacial score (nSPS) is 10.8. The summed E-state index contributed by atoms with van der Waals surface area (Å²) in [7, 11) is 0. The van der Waals surface area contributed by atoms with Crippen molar-refractivity contribution < 1.29 is 17.6 Å². The van der Waals surface area contributed by atoms with E-state index in [0.29, 0.717) is 12.1 Å². The zero-order valence-corrected chi connectivity index (χ0v) is 7.05. The predicted octanol–water partition coefficient (Wildman–Crippen LogP) is 2.85. The highest BCUT2D eigenvalue weighted by Gasteiger charge is 2.33. The van der Waals surface area contributed by atoms with Crippen LogP contribution in [0.5, 0.6) is 0 Å². The van der Waals surface area contributed by atoms with Crippen molar-refractivity contribution in [2.45, 2.75) is 6.18 Å². The lowest BCUT2D eigenvalue weighted by atomic mass is 10.2. The number of alkyl halides is 3.